The smallest absolute Gasteiger partial charge is 0.163 e. The van der Waals surface area contributed by atoms with Crippen molar-refractivity contribution in [1.82, 2.24) is 24.9 Å². The Balaban J connectivity index is 1.36. The number of nitrogens with zero attached hydrogens (tertiary/aromatic N) is 4. The van der Waals surface area contributed by atoms with Crippen molar-refractivity contribution in [2.24, 2.45) is 0 Å². The van der Waals surface area contributed by atoms with Crippen LogP contribution in [-0.2, 0) is 19.3 Å². The van der Waals surface area contributed by atoms with Gasteiger partial charge in [0.1, 0.15) is 17.5 Å². The summed E-state index contributed by atoms with van der Waals surface area (Å²) in [7, 11) is 0. The van der Waals surface area contributed by atoms with Gasteiger partial charge < -0.3 is 10.3 Å². The Hall–Kier alpha value is -3.35. The summed E-state index contributed by atoms with van der Waals surface area (Å²) in [6.45, 7) is 0.679. The minimum atomic E-state index is -0.264. The van der Waals surface area contributed by atoms with Gasteiger partial charge in [-0.05, 0) is 49.6 Å². The van der Waals surface area contributed by atoms with Crippen LogP contribution in [0.1, 0.15) is 23.5 Å². The lowest BCUT2D eigenvalue weighted by Crippen LogP contribution is -2.11. The average Bonchev–Trinajstić information content (AvgIpc) is 3.34. The highest BCUT2D eigenvalue weighted by Gasteiger charge is 2.20. The van der Waals surface area contributed by atoms with Crippen LogP contribution in [0.25, 0.3) is 22.4 Å². The Morgan fingerprint density at radius 3 is 2.96 bits per heavy atom. The van der Waals surface area contributed by atoms with E-state index >= 15 is 0 Å². The highest BCUT2D eigenvalue weighted by Crippen LogP contribution is 2.29. The van der Waals surface area contributed by atoms with Crippen molar-refractivity contribution < 1.29 is 4.39 Å². The summed E-state index contributed by atoms with van der Waals surface area (Å²) < 4.78 is 13.3. The van der Waals surface area contributed by atoms with E-state index in [1.807, 2.05) is 12.1 Å². The normalized spacial score (nSPS) is 13.0. The Kier molecular flexibility index (Phi) is 4.20. The number of aromatic nitrogens is 5. The third kappa shape index (κ3) is 3.19. The topological polar surface area (TPSA) is 79.4 Å². The fourth-order valence-electron chi connectivity index (χ4n) is 3.66. The number of hydrogen-bond donors (Lipinski definition) is 2. The highest BCUT2D eigenvalue weighted by molar-refractivity contribution is 5.74. The Labute approximate surface area is 161 Å². The molecule has 0 bridgehead atoms. The molecule has 6 nitrogen and oxygen atoms in total. The standard InChI is InChI=1S/C21H19FN6/c22-14-6-7-17-18(11-14)26-19(25-17)8-10-24-21-15-4-1-5-16(15)27-20(28-21)13-3-2-9-23-12-13/h2-3,6-7,9,11-12H,1,4-5,8,10H2,(H,25,26)(H,24,27,28). The molecule has 0 atom stereocenters. The van der Waals surface area contributed by atoms with E-state index in [9.17, 15) is 4.39 Å². The lowest BCUT2D eigenvalue weighted by molar-refractivity contribution is 0.629. The summed E-state index contributed by atoms with van der Waals surface area (Å²) >= 11 is 0. The number of aromatic amines is 1. The molecule has 4 aromatic rings. The van der Waals surface area contributed by atoms with E-state index in [0.29, 0.717) is 18.8 Å². The number of halogens is 1. The van der Waals surface area contributed by atoms with Gasteiger partial charge in [-0.25, -0.2) is 19.3 Å². The first-order valence-corrected chi connectivity index (χ1v) is 9.44. The van der Waals surface area contributed by atoms with Crippen molar-refractivity contribution in [3.05, 3.63) is 65.6 Å². The summed E-state index contributed by atoms with van der Waals surface area (Å²) in [6, 6.07) is 8.45. The predicted octanol–water partition coefficient (Wildman–Crippen LogP) is 3.70. The van der Waals surface area contributed by atoms with Crippen LogP contribution in [0, 0.1) is 5.82 Å². The first kappa shape index (κ1) is 16.8. The van der Waals surface area contributed by atoms with Crippen LogP contribution in [0.15, 0.2) is 42.7 Å². The Morgan fingerprint density at radius 1 is 1.11 bits per heavy atom. The predicted molar refractivity (Wildman–Crippen MR) is 106 cm³/mol. The summed E-state index contributed by atoms with van der Waals surface area (Å²) in [5.74, 6) is 2.16. The van der Waals surface area contributed by atoms with Crippen molar-refractivity contribution in [2.75, 3.05) is 11.9 Å². The molecule has 5 rings (SSSR count). The maximum atomic E-state index is 13.3. The van der Waals surface area contributed by atoms with Gasteiger partial charge in [-0.15, -0.1) is 0 Å². The number of pyridine rings is 1. The van der Waals surface area contributed by atoms with Gasteiger partial charge in [0.25, 0.3) is 0 Å². The zero-order valence-electron chi connectivity index (χ0n) is 15.2. The zero-order valence-corrected chi connectivity index (χ0v) is 15.2. The van der Waals surface area contributed by atoms with Crippen LogP contribution in [-0.4, -0.2) is 31.5 Å². The van der Waals surface area contributed by atoms with Gasteiger partial charge in [-0.1, -0.05) is 0 Å². The average molecular weight is 374 g/mol. The Morgan fingerprint density at radius 2 is 2.07 bits per heavy atom. The number of H-pyrrole nitrogens is 1. The van der Waals surface area contributed by atoms with Crippen LogP contribution in [0.3, 0.4) is 0 Å². The number of fused-ring (bicyclic) bond motifs is 2. The fourth-order valence-corrected chi connectivity index (χ4v) is 3.66. The molecule has 3 heterocycles. The molecule has 0 spiro atoms. The summed E-state index contributed by atoms with van der Waals surface area (Å²) in [4.78, 5) is 21.4. The zero-order chi connectivity index (χ0) is 18.9. The molecule has 0 fully saturated rings. The summed E-state index contributed by atoms with van der Waals surface area (Å²) in [6.07, 6.45) is 7.30. The lowest BCUT2D eigenvalue weighted by Gasteiger charge is -2.12. The summed E-state index contributed by atoms with van der Waals surface area (Å²) in [5.41, 5.74) is 4.74. The minimum absolute atomic E-state index is 0.264. The van der Waals surface area contributed by atoms with E-state index in [4.69, 9.17) is 9.97 Å². The van der Waals surface area contributed by atoms with Crippen LogP contribution in [0.2, 0.25) is 0 Å². The molecular formula is C21H19FN6. The van der Waals surface area contributed by atoms with Gasteiger partial charge in [0.15, 0.2) is 5.82 Å². The fraction of sp³-hybridized carbons (Fsp3) is 0.238. The van der Waals surface area contributed by atoms with E-state index in [0.717, 1.165) is 53.2 Å². The monoisotopic (exact) mass is 374 g/mol. The highest BCUT2D eigenvalue weighted by atomic mass is 19.1. The second-order valence-corrected chi connectivity index (χ2v) is 6.94. The van der Waals surface area contributed by atoms with Gasteiger partial charge >= 0.3 is 0 Å². The maximum Gasteiger partial charge on any atom is 0.163 e. The second-order valence-electron chi connectivity index (χ2n) is 6.94. The molecule has 2 N–H and O–H groups in total. The number of benzene rings is 1. The maximum absolute atomic E-state index is 13.3. The van der Waals surface area contributed by atoms with Crippen molar-refractivity contribution in [3.63, 3.8) is 0 Å². The minimum Gasteiger partial charge on any atom is -0.369 e. The molecular weight excluding hydrogens is 355 g/mol. The molecule has 0 radical (unpaired) electrons. The van der Waals surface area contributed by atoms with Gasteiger partial charge in [-0.2, -0.15) is 0 Å². The third-order valence-electron chi connectivity index (χ3n) is 5.00. The number of aryl methyl sites for hydroxylation is 1. The molecule has 0 saturated heterocycles. The number of hydrogen-bond acceptors (Lipinski definition) is 5. The quantitative estimate of drug-likeness (QED) is 0.557. The van der Waals surface area contributed by atoms with Crippen LogP contribution < -0.4 is 5.32 Å². The number of rotatable bonds is 5. The number of anilines is 1. The molecule has 1 aliphatic rings. The van der Waals surface area contributed by atoms with Gasteiger partial charge in [0.2, 0.25) is 0 Å². The summed E-state index contributed by atoms with van der Waals surface area (Å²) in [5, 5.41) is 3.45. The van der Waals surface area contributed by atoms with Crippen molar-refractivity contribution in [1.29, 1.82) is 0 Å². The molecule has 3 aromatic heterocycles. The molecule has 0 aliphatic heterocycles. The SMILES string of the molecule is Fc1ccc2nc(CCNc3nc(-c4cccnc4)nc4c3CCC4)[nH]c2c1. The van der Waals surface area contributed by atoms with Gasteiger partial charge in [-0.3, -0.25) is 4.98 Å². The third-order valence-corrected chi connectivity index (χ3v) is 5.00. The molecule has 0 unspecified atom stereocenters. The molecule has 7 heteroatoms. The van der Waals surface area contributed by atoms with Gasteiger partial charge in [0.05, 0.1) is 11.0 Å². The molecule has 28 heavy (non-hydrogen) atoms. The molecule has 0 amide bonds. The number of nitrogens with one attached hydrogen (secondary N) is 2. The van der Waals surface area contributed by atoms with Crippen LogP contribution >= 0.6 is 0 Å². The molecule has 1 aliphatic carbocycles. The van der Waals surface area contributed by atoms with E-state index in [1.54, 1.807) is 18.5 Å². The van der Waals surface area contributed by atoms with Crippen LogP contribution in [0.4, 0.5) is 10.2 Å². The van der Waals surface area contributed by atoms with Crippen LogP contribution in [0.5, 0.6) is 0 Å². The van der Waals surface area contributed by atoms with E-state index in [2.05, 4.69) is 20.3 Å². The largest absolute Gasteiger partial charge is 0.369 e. The second kappa shape index (κ2) is 6.99. The molecule has 140 valence electrons. The first-order chi connectivity index (χ1) is 13.8. The van der Waals surface area contributed by atoms with E-state index in [1.165, 1.54) is 17.7 Å². The van der Waals surface area contributed by atoms with Crippen molar-refractivity contribution in [2.45, 2.75) is 25.7 Å². The lowest BCUT2D eigenvalue weighted by atomic mass is 10.2. The molecule has 1 aromatic carbocycles. The Bertz CT molecular complexity index is 1140. The van der Waals surface area contributed by atoms with E-state index in [-0.39, 0.29) is 5.82 Å². The van der Waals surface area contributed by atoms with Crippen molar-refractivity contribution >= 4 is 16.9 Å². The molecule has 0 saturated carbocycles. The number of imidazole rings is 1. The van der Waals surface area contributed by atoms with E-state index < -0.39 is 0 Å². The van der Waals surface area contributed by atoms with Crippen molar-refractivity contribution in [3.8, 4) is 11.4 Å². The van der Waals surface area contributed by atoms with Gasteiger partial charge in [0, 0.05) is 42.2 Å². The first-order valence-electron chi connectivity index (χ1n) is 9.44.